The third kappa shape index (κ3) is 6.18. The van der Waals surface area contributed by atoms with Gasteiger partial charge in [-0.1, -0.05) is 42.5 Å². The minimum Gasteiger partial charge on any atom is -0.485 e. The molecule has 0 spiro atoms. The molecule has 25 heavy (non-hydrogen) atoms. The summed E-state index contributed by atoms with van der Waals surface area (Å²) in [6.45, 7) is 0.360. The van der Waals surface area contributed by atoms with E-state index in [4.69, 9.17) is 14.6 Å². The highest BCUT2D eigenvalue weighted by Crippen LogP contribution is 2.27. The van der Waals surface area contributed by atoms with Gasteiger partial charge in [0.15, 0.2) is 18.1 Å². The maximum atomic E-state index is 12.0. The highest BCUT2D eigenvalue weighted by atomic mass is 16.5. The maximum absolute atomic E-state index is 12.0. The topological polar surface area (TPSA) is 76.1 Å². The molecule has 2 rings (SSSR count). The summed E-state index contributed by atoms with van der Waals surface area (Å²) in [4.78, 5) is 23.9. The Morgan fingerprint density at radius 1 is 0.960 bits per heavy atom. The van der Waals surface area contributed by atoms with Gasteiger partial charge in [-0.3, -0.25) is 9.59 Å². The smallest absolute Gasteiger partial charge is 0.305 e. The van der Waals surface area contributed by atoms with Crippen LogP contribution in [0, 0.1) is 0 Å². The van der Waals surface area contributed by atoms with Crippen molar-refractivity contribution in [2.45, 2.75) is 13.0 Å². The fourth-order valence-electron chi connectivity index (χ4n) is 2.06. The van der Waals surface area contributed by atoms with Crippen LogP contribution in [0.5, 0.6) is 11.5 Å². The van der Waals surface area contributed by atoms with Crippen LogP contribution in [0.25, 0.3) is 0 Å². The van der Waals surface area contributed by atoms with Gasteiger partial charge in [-0.05, 0) is 17.7 Å². The second-order valence-corrected chi connectivity index (χ2v) is 5.47. The van der Waals surface area contributed by atoms with Crippen molar-refractivity contribution < 1.29 is 24.2 Å². The van der Waals surface area contributed by atoms with E-state index in [1.165, 1.54) is 4.90 Å². The van der Waals surface area contributed by atoms with Crippen molar-refractivity contribution in [1.29, 1.82) is 0 Å². The molecule has 0 saturated heterocycles. The van der Waals surface area contributed by atoms with Gasteiger partial charge < -0.3 is 19.5 Å². The largest absolute Gasteiger partial charge is 0.485 e. The molecule has 0 aliphatic rings. The van der Waals surface area contributed by atoms with E-state index in [0.717, 1.165) is 5.56 Å². The quantitative estimate of drug-likeness (QED) is 0.757. The Bertz CT molecular complexity index is 702. The third-order valence-corrected chi connectivity index (χ3v) is 3.52. The molecule has 0 bridgehead atoms. The number of hydrogen-bond acceptors (Lipinski definition) is 4. The lowest BCUT2D eigenvalue weighted by Crippen LogP contribution is -2.33. The fraction of sp³-hybridized carbons (Fsp3) is 0.263. The Hall–Kier alpha value is -3.02. The fourth-order valence-corrected chi connectivity index (χ4v) is 2.06. The van der Waals surface area contributed by atoms with Gasteiger partial charge in [0.25, 0.3) is 5.91 Å². The molecule has 0 unspecified atom stereocenters. The summed E-state index contributed by atoms with van der Waals surface area (Å²) >= 11 is 0. The van der Waals surface area contributed by atoms with Crippen molar-refractivity contribution >= 4 is 11.9 Å². The Labute approximate surface area is 146 Å². The van der Waals surface area contributed by atoms with Gasteiger partial charge in [0.05, 0.1) is 6.42 Å². The van der Waals surface area contributed by atoms with E-state index in [1.807, 2.05) is 36.4 Å². The Morgan fingerprint density at radius 2 is 1.56 bits per heavy atom. The van der Waals surface area contributed by atoms with E-state index in [-0.39, 0.29) is 25.5 Å². The van der Waals surface area contributed by atoms with Gasteiger partial charge in [-0.25, -0.2) is 0 Å². The predicted molar refractivity (Wildman–Crippen MR) is 92.6 cm³/mol. The number of hydrogen-bond donors (Lipinski definition) is 1. The molecular weight excluding hydrogens is 322 g/mol. The first kappa shape index (κ1) is 18.3. The summed E-state index contributed by atoms with van der Waals surface area (Å²) in [7, 11) is 1.55. The molecule has 6 nitrogen and oxygen atoms in total. The number of nitrogens with zero attached hydrogens (tertiary/aromatic N) is 1. The number of carboxylic acids is 1. The lowest BCUT2D eigenvalue weighted by molar-refractivity contribution is -0.138. The summed E-state index contributed by atoms with van der Waals surface area (Å²) in [5.41, 5.74) is 1.03. The van der Waals surface area contributed by atoms with Crippen LogP contribution in [0.15, 0.2) is 54.6 Å². The van der Waals surface area contributed by atoms with E-state index in [2.05, 4.69) is 0 Å². The molecule has 0 atom stereocenters. The molecule has 1 N–H and O–H groups in total. The molecule has 0 radical (unpaired) electrons. The first-order chi connectivity index (χ1) is 12.1. The van der Waals surface area contributed by atoms with Gasteiger partial charge in [-0.2, -0.15) is 0 Å². The molecule has 2 aromatic carbocycles. The summed E-state index contributed by atoms with van der Waals surface area (Å²) in [5.74, 6) is -0.218. The number of carbonyl (C=O) groups is 2. The van der Waals surface area contributed by atoms with Crippen LogP contribution < -0.4 is 9.47 Å². The van der Waals surface area contributed by atoms with Crippen LogP contribution in [-0.2, 0) is 16.2 Å². The molecule has 0 aromatic heterocycles. The van der Waals surface area contributed by atoms with Crippen molar-refractivity contribution in [1.82, 2.24) is 4.90 Å². The molecule has 0 heterocycles. The number of carbonyl (C=O) groups excluding carboxylic acids is 1. The summed E-state index contributed by atoms with van der Waals surface area (Å²) in [5, 5.41) is 8.66. The molecule has 0 fully saturated rings. The van der Waals surface area contributed by atoms with Crippen LogP contribution in [0.4, 0.5) is 0 Å². The van der Waals surface area contributed by atoms with Crippen LogP contribution >= 0.6 is 0 Å². The summed E-state index contributed by atoms with van der Waals surface area (Å²) in [6, 6.07) is 16.9. The summed E-state index contributed by atoms with van der Waals surface area (Å²) in [6.07, 6.45) is -0.0982. The zero-order chi connectivity index (χ0) is 18.1. The second kappa shape index (κ2) is 9.32. The number of benzene rings is 2. The number of para-hydroxylation sites is 2. The normalized spacial score (nSPS) is 10.1. The van der Waals surface area contributed by atoms with E-state index < -0.39 is 5.97 Å². The average molecular weight is 343 g/mol. The predicted octanol–water partition coefficient (Wildman–Crippen LogP) is 2.58. The van der Waals surface area contributed by atoms with Crippen molar-refractivity contribution in [2.24, 2.45) is 0 Å². The van der Waals surface area contributed by atoms with Gasteiger partial charge in [0.2, 0.25) is 0 Å². The molecule has 0 aliphatic carbocycles. The number of carboxylic acid groups (broad SMARTS) is 1. The van der Waals surface area contributed by atoms with Gasteiger partial charge in [0.1, 0.15) is 6.61 Å². The number of rotatable bonds is 9. The lowest BCUT2D eigenvalue weighted by atomic mass is 10.2. The van der Waals surface area contributed by atoms with Crippen LogP contribution in [0.1, 0.15) is 12.0 Å². The van der Waals surface area contributed by atoms with Gasteiger partial charge >= 0.3 is 5.97 Å². The summed E-state index contributed by atoms with van der Waals surface area (Å²) < 4.78 is 11.3. The Morgan fingerprint density at radius 3 is 2.20 bits per heavy atom. The highest BCUT2D eigenvalue weighted by molar-refractivity contribution is 5.78. The average Bonchev–Trinajstić information content (AvgIpc) is 2.63. The highest BCUT2D eigenvalue weighted by Gasteiger charge is 2.12. The maximum Gasteiger partial charge on any atom is 0.305 e. The standard InChI is InChI=1S/C19H21NO5/c1-20(12-11-19(22)23)18(21)14-25-17-10-6-5-9-16(17)24-13-15-7-3-2-4-8-15/h2-10H,11-14H2,1H3,(H,22,23). The first-order valence-corrected chi connectivity index (χ1v) is 7.90. The minimum absolute atomic E-state index is 0.0982. The lowest BCUT2D eigenvalue weighted by Gasteiger charge is -2.17. The van der Waals surface area contributed by atoms with Crippen LogP contribution in [0.2, 0.25) is 0 Å². The number of ether oxygens (including phenoxy) is 2. The Kier molecular flexibility index (Phi) is 6.83. The minimum atomic E-state index is -0.944. The Balaban J connectivity index is 1.89. The number of likely N-dealkylation sites (N-methyl/N-ethyl adjacent to an activating group) is 1. The van der Waals surface area contributed by atoms with Crippen molar-refractivity contribution in [2.75, 3.05) is 20.2 Å². The van der Waals surface area contributed by atoms with Gasteiger partial charge in [0, 0.05) is 13.6 Å². The second-order valence-electron chi connectivity index (χ2n) is 5.47. The molecule has 0 saturated carbocycles. The third-order valence-electron chi connectivity index (χ3n) is 3.52. The van der Waals surface area contributed by atoms with E-state index in [1.54, 1.807) is 25.2 Å². The van der Waals surface area contributed by atoms with Gasteiger partial charge in [-0.15, -0.1) is 0 Å². The van der Waals surface area contributed by atoms with E-state index >= 15 is 0 Å². The zero-order valence-electron chi connectivity index (χ0n) is 14.1. The van der Waals surface area contributed by atoms with E-state index in [9.17, 15) is 9.59 Å². The zero-order valence-corrected chi connectivity index (χ0v) is 14.1. The van der Waals surface area contributed by atoms with Crippen molar-refractivity contribution in [3.05, 3.63) is 60.2 Å². The number of aliphatic carboxylic acids is 1. The van der Waals surface area contributed by atoms with Crippen molar-refractivity contribution in [3.8, 4) is 11.5 Å². The number of amides is 1. The molecule has 0 aliphatic heterocycles. The van der Waals surface area contributed by atoms with E-state index in [0.29, 0.717) is 18.1 Å². The molecule has 132 valence electrons. The molecule has 2 aromatic rings. The molecular formula is C19H21NO5. The van der Waals surface area contributed by atoms with Crippen LogP contribution in [-0.4, -0.2) is 42.1 Å². The monoisotopic (exact) mass is 343 g/mol. The first-order valence-electron chi connectivity index (χ1n) is 7.90. The molecule has 1 amide bonds. The SMILES string of the molecule is CN(CCC(=O)O)C(=O)COc1ccccc1OCc1ccccc1. The van der Waals surface area contributed by atoms with Crippen LogP contribution in [0.3, 0.4) is 0 Å². The molecule has 6 heteroatoms. The van der Waals surface area contributed by atoms with Crippen molar-refractivity contribution in [3.63, 3.8) is 0 Å².